The first kappa shape index (κ1) is 28.4. The number of sulfonamides is 1. The summed E-state index contributed by atoms with van der Waals surface area (Å²) in [5, 5.41) is 24.9. The molecule has 3 aromatic carbocycles. The second-order valence-electron chi connectivity index (χ2n) is 10.0. The van der Waals surface area contributed by atoms with E-state index in [1.807, 2.05) is 44.2 Å². The van der Waals surface area contributed by atoms with Crippen LogP contribution >= 0.6 is 0 Å². The molecule has 9 nitrogen and oxygen atoms in total. The van der Waals surface area contributed by atoms with Gasteiger partial charge in [-0.25, -0.2) is 8.42 Å². The molecule has 0 fully saturated rings. The molecule has 0 saturated carbocycles. The number of carbonyl (C=O) groups is 1. The van der Waals surface area contributed by atoms with Gasteiger partial charge in [0.25, 0.3) is 5.91 Å². The Kier molecular flexibility index (Phi) is 8.48. The van der Waals surface area contributed by atoms with Crippen molar-refractivity contribution >= 4 is 15.9 Å². The first-order valence-electron chi connectivity index (χ1n) is 12.8. The zero-order chi connectivity index (χ0) is 28.2. The molecule has 4 rings (SSSR count). The maximum Gasteiger partial charge on any atom is 0.251 e. The van der Waals surface area contributed by atoms with Gasteiger partial charge in [-0.05, 0) is 42.7 Å². The summed E-state index contributed by atoms with van der Waals surface area (Å²) in [5.74, 6) is 0.232. The number of fused-ring (bicyclic) bond motifs is 1. The molecule has 39 heavy (non-hydrogen) atoms. The van der Waals surface area contributed by atoms with Crippen LogP contribution in [-0.4, -0.2) is 54.5 Å². The van der Waals surface area contributed by atoms with E-state index in [1.54, 1.807) is 19.1 Å². The van der Waals surface area contributed by atoms with Crippen molar-refractivity contribution in [2.75, 3.05) is 19.9 Å². The fraction of sp³-hybridized carbons (Fsp3) is 0.345. The van der Waals surface area contributed by atoms with Crippen LogP contribution in [0.25, 0.3) is 0 Å². The lowest BCUT2D eigenvalue weighted by Crippen LogP contribution is -2.55. The summed E-state index contributed by atoms with van der Waals surface area (Å²) in [6.07, 6.45) is -0.0760. The number of hydrogen-bond acceptors (Lipinski definition) is 7. The Morgan fingerprint density at radius 1 is 1.05 bits per heavy atom. The average molecular weight is 555 g/mol. The number of aliphatic hydroxyl groups is 1. The van der Waals surface area contributed by atoms with Crippen LogP contribution in [0.2, 0.25) is 0 Å². The van der Waals surface area contributed by atoms with Crippen molar-refractivity contribution in [2.24, 2.45) is 5.92 Å². The zero-order valence-corrected chi connectivity index (χ0v) is 23.1. The Hall–Kier alpha value is -3.60. The van der Waals surface area contributed by atoms with Gasteiger partial charge in [-0.3, -0.25) is 4.79 Å². The standard InChI is InChI=1S/C29H34N2O7S/c1-20(2)18-31(39(35,36)23-12-13-26-27(16-23)38-19-37-26)29(34,17-22-8-5-4-6-9-22)14-15-30-28(33)24-10-7-11-25(32)21(24)3/h4-13,16,20,32,34H,14-15,17-19H2,1-3H3,(H,30,33). The van der Waals surface area contributed by atoms with Gasteiger partial charge in [0.15, 0.2) is 11.5 Å². The Bertz CT molecular complexity index is 1430. The van der Waals surface area contributed by atoms with E-state index < -0.39 is 21.7 Å². The lowest BCUT2D eigenvalue weighted by Gasteiger charge is -2.40. The summed E-state index contributed by atoms with van der Waals surface area (Å²) < 4.78 is 40.0. The monoisotopic (exact) mass is 554 g/mol. The molecule has 1 aliphatic rings. The summed E-state index contributed by atoms with van der Waals surface area (Å²) >= 11 is 0. The van der Waals surface area contributed by atoms with Crippen molar-refractivity contribution < 1.29 is 32.9 Å². The highest BCUT2D eigenvalue weighted by Crippen LogP contribution is 2.37. The van der Waals surface area contributed by atoms with Crippen molar-refractivity contribution in [1.82, 2.24) is 9.62 Å². The van der Waals surface area contributed by atoms with Crippen LogP contribution in [0.5, 0.6) is 17.2 Å². The van der Waals surface area contributed by atoms with Crippen molar-refractivity contribution in [2.45, 2.75) is 44.2 Å². The van der Waals surface area contributed by atoms with Gasteiger partial charge in [-0.15, -0.1) is 0 Å². The fourth-order valence-electron chi connectivity index (χ4n) is 4.55. The third-order valence-corrected chi connectivity index (χ3v) is 8.54. The number of nitrogens with one attached hydrogen (secondary N) is 1. The highest BCUT2D eigenvalue weighted by atomic mass is 32.2. The Labute approximate surface area is 229 Å². The van der Waals surface area contributed by atoms with Crippen LogP contribution in [0, 0.1) is 12.8 Å². The first-order valence-corrected chi connectivity index (χ1v) is 14.2. The number of phenols is 1. The molecular formula is C29H34N2O7S. The molecule has 208 valence electrons. The molecule has 0 bridgehead atoms. The number of rotatable bonds is 11. The van der Waals surface area contributed by atoms with Gasteiger partial charge < -0.3 is 25.0 Å². The Balaban J connectivity index is 1.66. The van der Waals surface area contributed by atoms with E-state index in [0.29, 0.717) is 22.6 Å². The van der Waals surface area contributed by atoms with Gasteiger partial charge in [-0.2, -0.15) is 4.31 Å². The minimum Gasteiger partial charge on any atom is -0.508 e. The van der Waals surface area contributed by atoms with E-state index >= 15 is 0 Å². The summed E-state index contributed by atoms with van der Waals surface area (Å²) in [5.41, 5.74) is -0.401. The van der Waals surface area contributed by atoms with E-state index in [4.69, 9.17) is 9.47 Å². The molecule has 1 unspecified atom stereocenters. The number of ether oxygens (including phenoxy) is 2. The van der Waals surface area contributed by atoms with Gasteiger partial charge in [0, 0.05) is 43.1 Å². The number of carbonyl (C=O) groups excluding carboxylic acids is 1. The van der Waals surface area contributed by atoms with Crippen molar-refractivity contribution in [3.05, 3.63) is 83.4 Å². The highest BCUT2D eigenvalue weighted by Gasteiger charge is 2.43. The van der Waals surface area contributed by atoms with Crippen LogP contribution in [0.4, 0.5) is 0 Å². The van der Waals surface area contributed by atoms with Gasteiger partial charge >= 0.3 is 0 Å². The summed E-state index contributed by atoms with van der Waals surface area (Å²) in [4.78, 5) is 12.8. The highest BCUT2D eigenvalue weighted by molar-refractivity contribution is 7.89. The molecule has 0 spiro atoms. The van der Waals surface area contributed by atoms with Crippen molar-refractivity contribution in [1.29, 1.82) is 0 Å². The molecule has 3 aromatic rings. The first-order chi connectivity index (χ1) is 18.5. The molecule has 0 aromatic heterocycles. The molecule has 1 heterocycles. The van der Waals surface area contributed by atoms with E-state index in [9.17, 15) is 23.4 Å². The van der Waals surface area contributed by atoms with Crippen LogP contribution in [0.1, 0.15) is 41.8 Å². The average Bonchev–Trinajstić information content (AvgIpc) is 3.37. The molecule has 10 heteroatoms. The van der Waals surface area contributed by atoms with Gasteiger partial charge in [-0.1, -0.05) is 50.2 Å². The lowest BCUT2D eigenvalue weighted by atomic mass is 9.98. The van der Waals surface area contributed by atoms with Crippen LogP contribution in [0.15, 0.2) is 71.6 Å². The topological polar surface area (TPSA) is 125 Å². The number of benzene rings is 3. The molecule has 0 saturated heterocycles. The van der Waals surface area contributed by atoms with E-state index in [-0.39, 0.29) is 49.3 Å². The zero-order valence-electron chi connectivity index (χ0n) is 22.3. The van der Waals surface area contributed by atoms with Gasteiger partial charge in [0.1, 0.15) is 11.5 Å². The van der Waals surface area contributed by atoms with Crippen molar-refractivity contribution in [3.8, 4) is 17.2 Å². The molecule has 0 aliphatic carbocycles. The van der Waals surface area contributed by atoms with Gasteiger partial charge in [0.2, 0.25) is 16.8 Å². The molecule has 3 N–H and O–H groups in total. The Morgan fingerprint density at radius 3 is 2.49 bits per heavy atom. The summed E-state index contributed by atoms with van der Waals surface area (Å²) in [7, 11) is -4.21. The SMILES string of the molecule is Cc1c(O)cccc1C(=O)NCCC(O)(Cc1ccccc1)N(CC(C)C)S(=O)(=O)c1ccc2c(c1)OCO2. The number of amides is 1. The maximum atomic E-state index is 14.1. The minimum absolute atomic E-state index is 0.00107. The molecule has 1 aliphatic heterocycles. The quantitative estimate of drug-likeness (QED) is 0.308. The third-order valence-electron chi connectivity index (χ3n) is 6.62. The normalized spacial score (nSPS) is 14.4. The maximum absolute atomic E-state index is 14.1. The van der Waals surface area contributed by atoms with Crippen LogP contribution < -0.4 is 14.8 Å². The molecule has 1 amide bonds. The molecule has 0 radical (unpaired) electrons. The number of hydrogen-bond donors (Lipinski definition) is 3. The largest absolute Gasteiger partial charge is 0.508 e. The van der Waals surface area contributed by atoms with Gasteiger partial charge in [0.05, 0.1) is 4.90 Å². The van der Waals surface area contributed by atoms with E-state index in [0.717, 1.165) is 9.87 Å². The number of nitrogens with zero attached hydrogens (tertiary/aromatic N) is 1. The second-order valence-corrected chi connectivity index (χ2v) is 11.9. The number of phenolic OH excluding ortho intramolecular Hbond substituents is 1. The predicted octanol–water partition coefficient (Wildman–Crippen LogP) is 3.83. The summed E-state index contributed by atoms with van der Waals surface area (Å²) in [6.45, 7) is 5.42. The summed E-state index contributed by atoms with van der Waals surface area (Å²) in [6, 6.07) is 18.2. The van der Waals surface area contributed by atoms with Crippen molar-refractivity contribution in [3.63, 3.8) is 0 Å². The van der Waals surface area contributed by atoms with Crippen LogP contribution in [-0.2, 0) is 16.4 Å². The predicted molar refractivity (Wildman–Crippen MR) is 146 cm³/mol. The fourth-order valence-corrected chi connectivity index (χ4v) is 6.40. The minimum atomic E-state index is -4.21. The molecule has 1 atom stereocenters. The smallest absolute Gasteiger partial charge is 0.251 e. The van der Waals surface area contributed by atoms with E-state index in [1.165, 1.54) is 24.3 Å². The number of aromatic hydroxyl groups is 1. The Morgan fingerprint density at radius 2 is 1.77 bits per heavy atom. The molecular weight excluding hydrogens is 520 g/mol. The van der Waals surface area contributed by atoms with Crippen LogP contribution in [0.3, 0.4) is 0 Å². The third kappa shape index (κ3) is 6.35. The second kappa shape index (κ2) is 11.6. The lowest BCUT2D eigenvalue weighted by molar-refractivity contribution is -0.0700. The van der Waals surface area contributed by atoms with E-state index in [2.05, 4.69) is 5.32 Å².